The van der Waals surface area contributed by atoms with Crippen molar-refractivity contribution in [3.63, 3.8) is 0 Å². The molecular formula is C29H24ClN5O4. The van der Waals surface area contributed by atoms with Gasteiger partial charge in [0.1, 0.15) is 11.5 Å². The minimum atomic E-state index is -0.536. The molecule has 0 saturated heterocycles. The molecule has 0 atom stereocenters. The topological polar surface area (TPSA) is 112 Å². The molecular weight excluding hydrogens is 518 g/mol. The molecule has 9 nitrogen and oxygen atoms in total. The van der Waals surface area contributed by atoms with Crippen molar-refractivity contribution in [2.75, 3.05) is 5.32 Å². The zero-order valence-electron chi connectivity index (χ0n) is 21.4. The Kier molecular flexibility index (Phi) is 7.00. The SMILES string of the molecule is CCn1ncc(-c2cc(C(=O)Nc3cc(Oc4ccc(Cl)cc4C)cc([N+](=O)[O-])c3)c3ccccc3n2)c1C. The van der Waals surface area contributed by atoms with Gasteiger partial charge in [-0.2, -0.15) is 5.10 Å². The highest BCUT2D eigenvalue weighted by Gasteiger charge is 2.19. The van der Waals surface area contributed by atoms with Gasteiger partial charge in [-0.25, -0.2) is 4.98 Å². The van der Waals surface area contributed by atoms with Gasteiger partial charge < -0.3 is 10.1 Å². The molecule has 0 bridgehead atoms. The molecule has 0 radical (unpaired) electrons. The van der Waals surface area contributed by atoms with Gasteiger partial charge >= 0.3 is 0 Å². The van der Waals surface area contributed by atoms with Crippen LogP contribution in [0.4, 0.5) is 11.4 Å². The van der Waals surface area contributed by atoms with E-state index in [1.165, 1.54) is 12.1 Å². The number of anilines is 1. The third-order valence-corrected chi connectivity index (χ3v) is 6.60. The number of pyridine rings is 1. The van der Waals surface area contributed by atoms with Crippen molar-refractivity contribution in [2.24, 2.45) is 0 Å². The zero-order valence-corrected chi connectivity index (χ0v) is 22.2. The molecule has 1 amide bonds. The van der Waals surface area contributed by atoms with Crippen molar-refractivity contribution in [3.05, 3.63) is 105 Å². The average Bonchev–Trinajstić information content (AvgIpc) is 3.29. The van der Waals surface area contributed by atoms with Gasteiger partial charge in [0.05, 0.1) is 39.6 Å². The van der Waals surface area contributed by atoms with Crippen LogP contribution in [-0.4, -0.2) is 25.6 Å². The van der Waals surface area contributed by atoms with Gasteiger partial charge in [0.15, 0.2) is 0 Å². The van der Waals surface area contributed by atoms with Crippen LogP contribution in [-0.2, 0) is 6.54 Å². The number of non-ortho nitro benzene ring substituents is 1. The molecule has 39 heavy (non-hydrogen) atoms. The number of nitro benzene ring substituents is 1. The molecule has 0 aliphatic heterocycles. The number of aryl methyl sites for hydroxylation is 2. The standard InChI is InChI=1S/C29H24ClN5O4/c1-4-34-18(3)25(16-31-34)27-15-24(23-7-5-6-8-26(23)33-27)29(36)32-20-12-21(35(37)38)14-22(13-20)39-28-10-9-19(30)11-17(28)2/h5-16H,4H2,1-3H3,(H,32,36). The minimum Gasteiger partial charge on any atom is -0.457 e. The maximum atomic E-state index is 13.6. The molecule has 3 aromatic carbocycles. The Morgan fingerprint density at radius 2 is 1.90 bits per heavy atom. The first kappa shape index (κ1) is 25.9. The van der Waals surface area contributed by atoms with E-state index in [1.807, 2.05) is 49.7 Å². The van der Waals surface area contributed by atoms with Crippen LogP contribution < -0.4 is 10.1 Å². The van der Waals surface area contributed by atoms with Gasteiger partial charge in [0.2, 0.25) is 0 Å². The smallest absolute Gasteiger partial charge is 0.275 e. The van der Waals surface area contributed by atoms with E-state index in [0.29, 0.717) is 39.5 Å². The molecule has 0 unspecified atom stereocenters. The number of ether oxygens (including phenoxy) is 1. The molecule has 0 spiro atoms. The van der Waals surface area contributed by atoms with Crippen LogP contribution in [0.25, 0.3) is 22.2 Å². The van der Waals surface area contributed by atoms with Crippen LogP contribution in [0.1, 0.15) is 28.5 Å². The molecule has 0 saturated carbocycles. The summed E-state index contributed by atoms with van der Waals surface area (Å²) < 4.78 is 7.78. The lowest BCUT2D eigenvalue weighted by Gasteiger charge is -2.13. The Labute approximate surface area is 229 Å². The van der Waals surface area contributed by atoms with E-state index < -0.39 is 10.8 Å². The normalized spacial score (nSPS) is 11.0. The number of halogens is 1. The second-order valence-electron chi connectivity index (χ2n) is 8.97. The number of nitrogens with zero attached hydrogens (tertiary/aromatic N) is 4. The summed E-state index contributed by atoms with van der Waals surface area (Å²) in [6, 6.07) is 18.3. The van der Waals surface area contributed by atoms with Gasteiger partial charge in [-0.3, -0.25) is 19.6 Å². The number of carbonyl (C=O) groups excluding carboxylic acids is 1. The van der Waals surface area contributed by atoms with E-state index in [4.69, 9.17) is 21.3 Å². The van der Waals surface area contributed by atoms with Crippen molar-refractivity contribution in [2.45, 2.75) is 27.3 Å². The monoisotopic (exact) mass is 541 g/mol. The number of fused-ring (bicyclic) bond motifs is 1. The number of nitrogens with one attached hydrogen (secondary N) is 1. The van der Waals surface area contributed by atoms with E-state index in [0.717, 1.165) is 16.8 Å². The van der Waals surface area contributed by atoms with Gasteiger partial charge in [-0.15, -0.1) is 0 Å². The molecule has 10 heteroatoms. The van der Waals surface area contributed by atoms with E-state index in [-0.39, 0.29) is 17.1 Å². The minimum absolute atomic E-state index is 0.202. The number of aromatic nitrogens is 3. The molecule has 0 aliphatic carbocycles. The number of para-hydroxylation sites is 1. The number of carbonyl (C=O) groups is 1. The van der Waals surface area contributed by atoms with Gasteiger partial charge in [-0.1, -0.05) is 29.8 Å². The first-order valence-electron chi connectivity index (χ1n) is 12.2. The number of amides is 1. The van der Waals surface area contributed by atoms with Gasteiger partial charge in [0.25, 0.3) is 11.6 Å². The van der Waals surface area contributed by atoms with Gasteiger partial charge in [0, 0.05) is 40.3 Å². The Morgan fingerprint density at radius 1 is 1.10 bits per heavy atom. The van der Waals surface area contributed by atoms with Gasteiger partial charge in [-0.05, 0) is 56.7 Å². The maximum absolute atomic E-state index is 13.6. The van der Waals surface area contributed by atoms with Crippen LogP contribution in [0.15, 0.2) is 72.9 Å². The molecule has 2 aromatic heterocycles. The average molecular weight is 542 g/mol. The molecule has 0 fully saturated rings. The quantitative estimate of drug-likeness (QED) is 0.170. The lowest BCUT2D eigenvalue weighted by molar-refractivity contribution is -0.384. The first-order chi connectivity index (χ1) is 18.7. The molecule has 5 aromatic rings. The summed E-state index contributed by atoms with van der Waals surface area (Å²) in [5.41, 5.74) is 4.14. The summed E-state index contributed by atoms with van der Waals surface area (Å²) >= 11 is 6.03. The first-order valence-corrected chi connectivity index (χ1v) is 12.6. The summed E-state index contributed by atoms with van der Waals surface area (Å²) in [4.78, 5) is 29.5. The number of rotatable bonds is 7. The number of nitro groups is 1. The van der Waals surface area contributed by atoms with Crippen LogP contribution in [0.2, 0.25) is 5.02 Å². The van der Waals surface area contributed by atoms with Crippen molar-refractivity contribution >= 4 is 39.8 Å². The number of benzene rings is 3. The fourth-order valence-corrected chi connectivity index (χ4v) is 4.62. The van der Waals surface area contributed by atoms with E-state index in [1.54, 1.807) is 36.5 Å². The van der Waals surface area contributed by atoms with Crippen molar-refractivity contribution < 1.29 is 14.5 Å². The highest BCUT2D eigenvalue weighted by molar-refractivity contribution is 6.30. The molecule has 1 N–H and O–H groups in total. The second kappa shape index (κ2) is 10.5. The molecule has 2 heterocycles. The van der Waals surface area contributed by atoms with Crippen molar-refractivity contribution in [1.29, 1.82) is 0 Å². The fourth-order valence-electron chi connectivity index (χ4n) is 4.39. The maximum Gasteiger partial charge on any atom is 0.275 e. The third-order valence-electron chi connectivity index (χ3n) is 6.36. The number of hydrogen-bond acceptors (Lipinski definition) is 6. The van der Waals surface area contributed by atoms with Crippen LogP contribution in [0, 0.1) is 24.0 Å². The summed E-state index contributed by atoms with van der Waals surface area (Å²) in [6.45, 7) is 6.48. The molecule has 5 rings (SSSR count). The van der Waals surface area contributed by atoms with E-state index >= 15 is 0 Å². The van der Waals surface area contributed by atoms with Crippen LogP contribution >= 0.6 is 11.6 Å². The second-order valence-corrected chi connectivity index (χ2v) is 9.41. The molecule has 196 valence electrons. The molecule has 0 aliphatic rings. The van der Waals surface area contributed by atoms with Crippen LogP contribution in [0.3, 0.4) is 0 Å². The van der Waals surface area contributed by atoms with Crippen molar-refractivity contribution in [1.82, 2.24) is 14.8 Å². The predicted octanol–water partition coefficient (Wildman–Crippen LogP) is 7.34. The highest BCUT2D eigenvalue weighted by Crippen LogP contribution is 2.33. The summed E-state index contributed by atoms with van der Waals surface area (Å²) in [5, 5.41) is 20.1. The lowest BCUT2D eigenvalue weighted by Crippen LogP contribution is -2.13. The number of hydrogen-bond donors (Lipinski definition) is 1. The summed E-state index contributed by atoms with van der Waals surface area (Å²) in [6.07, 6.45) is 1.74. The summed E-state index contributed by atoms with van der Waals surface area (Å²) in [7, 11) is 0. The third kappa shape index (κ3) is 5.30. The van der Waals surface area contributed by atoms with E-state index in [2.05, 4.69) is 10.4 Å². The highest BCUT2D eigenvalue weighted by atomic mass is 35.5. The van der Waals surface area contributed by atoms with Crippen molar-refractivity contribution in [3.8, 4) is 22.8 Å². The largest absolute Gasteiger partial charge is 0.457 e. The fraction of sp³-hybridized carbons (Fsp3) is 0.138. The summed E-state index contributed by atoms with van der Waals surface area (Å²) in [5.74, 6) is 0.252. The Morgan fingerprint density at radius 3 is 2.62 bits per heavy atom. The Bertz CT molecular complexity index is 1750. The van der Waals surface area contributed by atoms with Crippen LogP contribution in [0.5, 0.6) is 11.5 Å². The van der Waals surface area contributed by atoms with E-state index in [9.17, 15) is 14.9 Å². The Balaban J connectivity index is 1.53. The zero-order chi connectivity index (χ0) is 27.7. The Hall–Kier alpha value is -4.76. The predicted molar refractivity (Wildman–Crippen MR) is 151 cm³/mol. The lowest BCUT2D eigenvalue weighted by atomic mass is 10.0.